The largest absolute Gasteiger partial charge is 0.306 e. The Labute approximate surface area is 172 Å². The maximum Gasteiger partial charge on any atom is 0.260 e. The molecule has 5 nitrogen and oxygen atoms in total. The zero-order valence-corrected chi connectivity index (χ0v) is 15.2. The summed E-state index contributed by atoms with van der Waals surface area (Å²) in [5, 5.41) is 3.85. The van der Waals surface area contributed by atoms with Crippen LogP contribution in [0, 0.1) is 46.5 Å². The first-order chi connectivity index (χ1) is 15.0. The summed E-state index contributed by atoms with van der Waals surface area (Å²) in [6.45, 7) is 0. The van der Waals surface area contributed by atoms with Crippen molar-refractivity contribution in [3.05, 3.63) is 88.0 Å². The van der Waals surface area contributed by atoms with E-state index in [0.29, 0.717) is 0 Å². The monoisotopic (exact) mass is 461 g/mol. The molecule has 3 aromatic rings. The van der Waals surface area contributed by atoms with Gasteiger partial charge in [0.1, 0.15) is 11.6 Å². The molecule has 0 bridgehead atoms. The highest BCUT2D eigenvalue weighted by atomic mass is 19.2. The summed E-state index contributed by atoms with van der Waals surface area (Å²) in [6, 6.07) is 3.53. The van der Waals surface area contributed by atoms with E-state index in [9.17, 15) is 44.7 Å². The minimum absolute atomic E-state index is 0.106. The first kappa shape index (κ1) is 22.7. The van der Waals surface area contributed by atoms with Gasteiger partial charge in [-0.05, 0) is 24.3 Å². The minimum atomic E-state index is -2.22. The standard InChI is InChI=1S/C19H7F8N3O2/c20-8-4-6(12(22)16(26)14(8)24)18(31)29-10-2-1-3-11(28-10)30-19(32)7-5-9(21)15(25)17(27)13(7)23/h1-5H,(H2,28,29,30,31,32). The average molecular weight is 461 g/mol. The number of halogens is 8. The lowest BCUT2D eigenvalue weighted by molar-refractivity contribution is 0.101. The number of rotatable bonds is 4. The van der Waals surface area contributed by atoms with Gasteiger partial charge in [-0.1, -0.05) is 6.07 Å². The van der Waals surface area contributed by atoms with Crippen LogP contribution in [-0.2, 0) is 0 Å². The number of pyridine rings is 1. The van der Waals surface area contributed by atoms with Gasteiger partial charge in [-0.15, -0.1) is 0 Å². The average Bonchev–Trinajstić information content (AvgIpc) is 2.75. The highest BCUT2D eigenvalue weighted by Crippen LogP contribution is 2.22. The van der Waals surface area contributed by atoms with Crippen LogP contribution in [0.3, 0.4) is 0 Å². The number of benzene rings is 2. The molecule has 2 aromatic carbocycles. The van der Waals surface area contributed by atoms with Crippen LogP contribution in [0.2, 0.25) is 0 Å². The molecule has 32 heavy (non-hydrogen) atoms. The van der Waals surface area contributed by atoms with Crippen LogP contribution >= 0.6 is 0 Å². The topological polar surface area (TPSA) is 71.1 Å². The molecule has 0 aliphatic rings. The Hall–Kier alpha value is -4.03. The molecule has 2 N–H and O–H groups in total. The predicted octanol–water partition coefficient (Wildman–Crippen LogP) is 4.70. The molecule has 1 heterocycles. The van der Waals surface area contributed by atoms with Crippen molar-refractivity contribution in [3.63, 3.8) is 0 Å². The van der Waals surface area contributed by atoms with Gasteiger partial charge in [0.15, 0.2) is 46.5 Å². The third-order valence-electron chi connectivity index (χ3n) is 3.93. The highest BCUT2D eigenvalue weighted by molar-refractivity contribution is 6.05. The van der Waals surface area contributed by atoms with Gasteiger partial charge >= 0.3 is 0 Å². The molecule has 0 aliphatic heterocycles. The third kappa shape index (κ3) is 4.22. The molecule has 0 saturated heterocycles. The number of carbonyl (C=O) groups excluding carboxylic acids is 2. The summed E-state index contributed by atoms with van der Waals surface area (Å²) in [4.78, 5) is 27.8. The van der Waals surface area contributed by atoms with Crippen molar-refractivity contribution in [2.45, 2.75) is 0 Å². The summed E-state index contributed by atoms with van der Waals surface area (Å²) in [7, 11) is 0. The number of hydrogen-bond acceptors (Lipinski definition) is 3. The van der Waals surface area contributed by atoms with Gasteiger partial charge in [0.25, 0.3) is 11.8 Å². The second-order valence-electron chi connectivity index (χ2n) is 6.01. The number of anilines is 2. The van der Waals surface area contributed by atoms with Gasteiger partial charge in [0.05, 0.1) is 11.1 Å². The van der Waals surface area contributed by atoms with E-state index in [2.05, 4.69) is 4.98 Å². The Morgan fingerprint density at radius 2 is 0.969 bits per heavy atom. The first-order valence-electron chi connectivity index (χ1n) is 8.27. The van der Waals surface area contributed by atoms with E-state index in [1.54, 1.807) is 0 Å². The van der Waals surface area contributed by atoms with Crippen LogP contribution < -0.4 is 10.6 Å². The van der Waals surface area contributed by atoms with Crippen molar-refractivity contribution in [1.29, 1.82) is 0 Å². The van der Waals surface area contributed by atoms with Crippen molar-refractivity contribution in [2.24, 2.45) is 0 Å². The van der Waals surface area contributed by atoms with Crippen LogP contribution in [0.25, 0.3) is 0 Å². The minimum Gasteiger partial charge on any atom is -0.306 e. The van der Waals surface area contributed by atoms with Crippen molar-refractivity contribution in [3.8, 4) is 0 Å². The smallest absolute Gasteiger partial charge is 0.260 e. The fourth-order valence-corrected chi connectivity index (χ4v) is 2.42. The molecule has 166 valence electrons. The number of nitrogens with one attached hydrogen (secondary N) is 2. The fourth-order valence-electron chi connectivity index (χ4n) is 2.42. The Balaban J connectivity index is 1.83. The van der Waals surface area contributed by atoms with E-state index in [-0.39, 0.29) is 12.1 Å². The lowest BCUT2D eigenvalue weighted by Gasteiger charge is -2.10. The van der Waals surface area contributed by atoms with E-state index in [4.69, 9.17) is 0 Å². The van der Waals surface area contributed by atoms with Crippen molar-refractivity contribution in [1.82, 2.24) is 4.98 Å². The van der Waals surface area contributed by atoms with Crippen LogP contribution in [0.4, 0.5) is 46.8 Å². The fraction of sp³-hybridized carbons (Fsp3) is 0. The summed E-state index contributed by atoms with van der Waals surface area (Å²) in [5.74, 6) is -20.0. The van der Waals surface area contributed by atoms with E-state index in [0.717, 1.165) is 18.2 Å². The van der Waals surface area contributed by atoms with Crippen molar-refractivity contribution < 1.29 is 44.7 Å². The van der Waals surface area contributed by atoms with Gasteiger partial charge in [0.2, 0.25) is 0 Å². The van der Waals surface area contributed by atoms with E-state index in [1.165, 1.54) is 0 Å². The van der Waals surface area contributed by atoms with Gasteiger partial charge in [-0.3, -0.25) is 9.59 Å². The van der Waals surface area contributed by atoms with Crippen LogP contribution in [0.5, 0.6) is 0 Å². The lowest BCUT2D eigenvalue weighted by atomic mass is 10.1. The van der Waals surface area contributed by atoms with Crippen molar-refractivity contribution >= 4 is 23.5 Å². The Morgan fingerprint density at radius 1 is 0.594 bits per heavy atom. The molecule has 0 aliphatic carbocycles. The van der Waals surface area contributed by atoms with Gasteiger partial charge in [-0.25, -0.2) is 40.1 Å². The summed E-state index contributed by atoms with van der Waals surface area (Å²) < 4.78 is 107. The van der Waals surface area contributed by atoms with E-state index < -0.39 is 81.1 Å². The number of hydrogen-bond donors (Lipinski definition) is 2. The SMILES string of the molecule is O=C(Nc1cccc(NC(=O)c2cc(F)c(F)c(F)c2F)n1)c1cc(F)c(F)c(F)c1F. The second-order valence-corrected chi connectivity index (χ2v) is 6.01. The van der Waals surface area contributed by atoms with Gasteiger partial charge in [-0.2, -0.15) is 0 Å². The van der Waals surface area contributed by atoms with E-state index in [1.807, 2.05) is 10.6 Å². The Kier molecular flexibility index (Phi) is 6.09. The lowest BCUT2D eigenvalue weighted by Crippen LogP contribution is -2.19. The Bertz CT molecular complexity index is 1170. The molecule has 0 saturated carbocycles. The second kappa shape index (κ2) is 8.61. The van der Waals surface area contributed by atoms with Gasteiger partial charge < -0.3 is 10.6 Å². The Morgan fingerprint density at radius 3 is 1.34 bits per heavy atom. The molecule has 3 rings (SSSR count). The number of aromatic nitrogens is 1. The zero-order chi connectivity index (χ0) is 23.7. The highest BCUT2D eigenvalue weighted by Gasteiger charge is 2.25. The molecule has 1 aromatic heterocycles. The maximum atomic E-state index is 13.7. The van der Waals surface area contributed by atoms with Gasteiger partial charge in [0, 0.05) is 0 Å². The van der Waals surface area contributed by atoms with Crippen LogP contribution in [0.15, 0.2) is 30.3 Å². The number of carbonyl (C=O) groups is 2. The number of amides is 2. The molecule has 13 heteroatoms. The zero-order valence-electron chi connectivity index (χ0n) is 15.2. The van der Waals surface area contributed by atoms with Crippen LogP contribution in [0.1, 0.15) is 20.7 Å². The first-order valence-corrected chi connectivity index (χ1v) is 8.27. The third-order valence-corrected chi connectivity index (χ3v) is 3.93. The molecule has 0 spiro atoms. The summed E-state index contributed by atoms with van der Waals surface area (Å²) >= 11 is 0. The molecule has 0 atom stereocenters. The van der Waals surface area contributed by atoms with Crippen molar-refractivity contribution in [2.75, 3.05) is 10.6 Å². The molecule has 0 radical (unpaired) electrons. The molecular weight excluding hydrogens is 454 g/mol. The van der Waals surface area contributed by atoms with Crippen LogP contribution in [-0.4, -0.2) is 16.8 Å². The molecule has 2 amide bonds. The quantitative estimate of drug-likeness (QED) is 0.336. The normalized spacial score (nSPS) is 10.8. The summed E-state index contributed by atoms with van der Waals surface area (Å²) in [5.41, 5.74) is -2.39. The molecule has 0 fully saturated rings. The molecular formula is C19H7F8N3O2. The van der Waals surface area contributed by atoms with E-state index >= 15 is 0 Å². The molecule has 0 unspecified atom stereocenters. The summed E-state index contributed by atoms with van der Waals surface area (Å²) in [6.07, 6.45) is 0. The number of nitrogens with zero attached hydrogens (tertiary/aromatic N) is 1. The maximum absolute atomic E-state index is 13.7. The predicted molar refractivity (Wildman–Crippen MR) is 92.7 cm³/mol.